The van der Waals surface area contributed by atoms with E-state index in [2.05, 4.69) is 32.6 Å². The number of aryl methyl sites for hydroxylation is 1. The molecule has 3 aromatic rings. The lowest BCUT2D eigenvalue weighted by molar-refractivity contribution is -0.137. The summed E-state index contributed by atoms with van der Waals surface area (Å²) in [5.74, 6) is 0.693. The summed E-state index contributed by atoms with van der Waals surface area (Å²) in [6.07, 6.45) is -0.687. The minimum Gasteiger partial charge on any atom is -0.496 e. The molecule has 0 spiro atoms. The van der Waals surface area contributed by atoms with Gasteiger partial charge in [-0.15, -0.1) is 10.2 Å². The first-order valence-electron chi connectivity index (χ1n) is 10.2. The fourth-order valence-corrected chi connectivity index (χ4v) is 3.93. The van der Waals surface area contributed by atoms with Crippen molar-refractivity contribution < 1.29 is 27.8 Å². The number of nitrogens with one attached hydrogen (secondary N) is 1. The maximum Gasteiger partial charge on any atom is 0.416 e. The number of likely N-dealkylation sites (N-methyl/N-ethyl adjacent to an activating group) is 1. The van der Waals surface area contributed by atoms with Crippen LogP contribution < -0.4 is 10.1 Å². The highest BCUT2D eigenvalue weighted by Crippen LogP contribution is 2.39. The van der Waals surface area contributed by atoms with Crippen LogP contribution in [0.2, 0.25) is 0 Å². The van der Waals surface area contributed by atoms with Gasteiger partial charge in [-0.05, 0) is 44.6 Å². The molecule has 0 unspecified atom stereocenters. The summed E-state index contributed by atoms with van der Waals surface area (Å²) < 4.78 is 46.2. The molecule has 1 aliphatic rings. The number of methoxy groups -OCH3 is 1. The summed E-state index contributed by atoms with van der Waals surface area (Å²) in [4.78, 5) is 10.6. The molecule has 178 valence electrons. The summed E-state index contributed by atoms with van der Waals surface area (Å²) in [5, 5.41) is 24.1. The smallest absolute Gasteiger partial charge is 0.416 e. The summed E-state index contributed by atoms with van der Waals surface area (Å²) in [6, 6.07) is 3.60. The van der Waals surface area contributed by atoms with Gasteiger partial charge in [0.05, 0.1) is 24.3 Å². The standard InChI is InChI=1S/C20H23F3N6O.CH2O2/c1-28-8-4-5-13(11-28)25-19-18-15(10-24-29(18)2)17(26-27-19)14-7-6-12(20(21,22)23)9-16(14)30-3;2-1-3/h6-7,9-10,13H,4-5,8,11H2,1-3H3,(H,25,27);1H,(H,2,3)/t13-;/m1./s1. The number of nitrogens with zero attached hydrogens (tertiary/aromatic N) is 5. The molecule has 2 N–H and O–H groups in total. The van der Waals surface area contributed by atoms with Crippen molar-refractivity contribution in [3.63, 3.8) is 0 Å². The molecule has 1 fully saturated rings. The van der Waals surface area contributed by atoms with Crippen molar-refractivity contribution in [2.24, 2.45) is 7.05 Å². The zero-order chi connectivity index (χ0) is 24.2. The molecule has 0 bridgehead atoms. The first-order valence-corrected chi connectivity index (χ1v) is 10.2. The Bertz CT molecular complexity index is 1120. The number of piperidine rings is 1. The van der Waals surface area contributed by atoms with E-state index in [1.54, 1.807) is 17.9 Å². The molecule has 0 radical (unpaired) electrons. The predicted molar refractivity (Wildman–Crippen MR) is 116 cm³/mol. The number of halogens is 3. The van der Waals surface area contributed by atoms with Crippen molar-refractivity contribution >= 4 is 23.2 Å². The van der Waals surface area contributed by atoms with Crippen molar-refractivity contribution in [1.82, 2.24) is 24.9 Å². The van der Waals surface area contributed by atoms with E-state index >= 15 is 0 Å². The van der Waals surface area contributed by atoms with E-state index < -0.39 is 11.7 Å². The second-order valence-corrected chi connectivity index (χ2v) is 7.69. The normalized spacial score (nSPS) is 16.7. The molecule has 1 atom stereocenters. The van der Waals surface area contributed by atoms with Crippen LogP contribution in [0.3, 0.4) is 0 Å². The third kappa shape index (κ3) is 5.33. The molecule has 1 aliphatic heterocycles. The molecule has 12 heteroatoms. The van der Waals surface area contributed by atoms with Crippen LogP contribution in [0.5, 0.6) is 5.75 Å². The largest absolute Gasteiger partial charge is 0.496 e. The topological polar surface area (TPSA) is 105 Å². The zero-order valence-electron chi connectivity index (χ0n) is 18.4. The highest BCUT2D eigenvalue weighted by atomic mass is 19.4. The molecule has 0 amide bonds. The average molecular weight is 466 g/mol. The number of alkyl halides is 3. The lowest BCUT2D eigenvalue weighted by Crippen LogP contribution is -2.40. The third-order valence-corrected chi connectivity index (χ3v) is 5.42. The maximum absolute atomic E-state index is 13.1. The highest BCUT2D eigenvalue weighted by molar-refractivity contribution is 5.98. The van der Waals surface area contributed by atoms with Gasteiger partial charge in [-0.1, -0.05) is 0 Å². The predicted octanol–water partition coefficient (Wildman–Crippen LogP) is 3.26. The van der Waals surface area contributed by atoms with E-state index in [1.807, 2.05) is 0 Å². The second-order valence-electron chi connectivity index (χ2n) is 7.69. The fourth-order valence-electron chi connectivity index (χ4n) is 3.93. The number of aromatic nitrogens is 4. The highest BCUT2D eigenvalue weighted by Gasteiger charge is 2.32. The number of benzene rings is 1. The average Bonchev–Trinajstić information content (AvgIpc) is 3.16. The van der Waals surface area contributed by atoms with Crippen LogP contribution in [-0.4, -0.2) is 69.7 Å². The van der Waals surface area contributed by atoms with E-state index in [-0.39, 0.29) is 18.3 Å². The van der Waals surface area contributed by atoms with Crippen LogP contribution in [0, 0.1) is 0 Å². The van der Waals surface area contributed by atoms with E-state index in [9.17, 15) is 13.2 Å². The van der Waals surface area contributed by atoms with Gasteiger partial charge in [-0.25, -0.2) is 0 Å². The molecular formula is C21H25F3N6O3. The first-order chi connectivity index (χ1) is 15.7. The van der Waals surface area contributed by atoms with Gasteiger partial charge in [0, 0.05) is 25.2 Å². The van der Waals surface area contributed by atoms with E-state index in [1.165, 1.54) is 13.2 Å². The number of carbonyl (C=O) groups is 1. The minimum absolute atomic E-state index is 0.0823. The van der Waals surface area contributed by atoms with Gasteiger partial charge in [-0.2, -0.15) is 18.3 Å². The summed E-state index contributed by atoms with van der Waals surface area (Å²) >= 11 is 0. The fraction of sp³-hybridized carbons (Fsp3) is 0.429. The van der Waals surface area contributed by atoms with Crippen LogP contribution >= 0.6 is 0 Å². The van der Waals surface area contributed by atoms with Crippen molar-refractivity contribution in [2.45, 2.75) is 25.1 Å². The van der Waals surface area contributed by atoms with Gasteiger partial charge in [0.15, 0.2) is 5.82 Å². The van der Waals surface area contributed by atoms with Gasteiger partial charge < -0.3 is 20.1 Å². The number of anilines is 1. The number of hydrogen-bond donors (Lipinski definition) is 2. The Hall–Kier alpha value is -3.41. The van der Waals surface area contributed by atoms with Crippen LogP contribution in [0.25, 0.3) is 22.2 Å². The Morgan fingerprint density at radius 3 is 2.64 bits per heavy atom. The molecular weight excluding hydrogens is 441 g/mol. The molecule has 2 aromatic heterocycles. The van der Waals surface area contributed by atoms with E-state index in [4.69, 9.17) is 14.6 Å². The third-order valence-electron chi connectivity index (χ3n) is 5.42. The molecule has 1 aromatic carbocycles. The van der Waals surface area contributed by atoms with Crippen molar-refractivity contribution in [3.05, 3.63) is 30.0 Å². The summed E-state index contributed by atoms with van der Waals surface area (Å²) in [6.45, 7) is 1.72. The lowest BCUT2D eigenvalue weighted by atomic mass is 10.0. The summed E-state index contributed by atoms with van der Waals surface area (Å²) in [5.41, 5.74) is 0.823. The quantitative estimate of drug-likeness (QED) is 0.565. The molecule has 3 heterocycles. The number of hydrogen-bond acceptors (Lipinski definition) is 7. The van der Waals surface area contributed by atoms with Crippen LogP contribution in [0.15, 0.2) is 24.4 Å². The number of fused-ring (bicyclic) bond motifs is 1. The Morgan fingerprint density at radius 1 is 1.27 bits per heavy atom. The minimum atomic E-state index is -4.46. The first kappa shape index (κ1) is 24.2. The van der Waals surface area contributed by atoms with Gasteiger partial charge >= 0.3 is 6.18 Å². The second kappa shape index (κ2) is 10.0. The lowest BCUT2D eigenvalue weighted by Gasteiger charge is -2.30. The Balaban J connectivity index is 0.000000968. The maximum atomic E-state index is 13.1. The van der Waals surface area contributed by atoms with Gasteiger partial charge in [-0.3, -0.25) is 9.48 Å². The van der Waals surface area contributed by atoms with Crippen LogP contribution in [-0.2, 0) is 18.0 Å². The van der Waals surface area contributed by atoms with Crippen molar-refractivity contribution in [3.8, 4) is 17.0 Å². The van der Waals surface area contributed by atoms with Crippen LogP contribution in [0.4, 0.5) is 19.0 Å². The Morgan fingerprint density at radius 2 is 2.00 bits per heavy atom. The van der Waals surface area contributed by atoms with Gasteiger partial charge in [0.25, 0.3) is 6.47 Å². The molecule has 0 saturated carbocycles. The molecule has 33 heavy (non-hydrogen) atoms. The monoisotopic (exact) mass is 466 g/mol. The molecule has 0 aliphatic carbocycles. The number of ether oxygens (including phenoxy) is 1. The van der Waals surface area contributed by atoms with Gasteiger partial charge in [0.2, 0.25) is 0 Å². The Labute approximate surface area is 188 Å². The zero-order valence-corrected chi connectivity index (χ0v) is 18.4. The molecule has 1 saturated heterocycles. The van der Waals surface area contributed by atoms with E-state index in [0.717, 1.165) is 43.6 Å². The number of carboxylic acid groups (broad SMARTS) is 1. The van der Waals surface area contributed by atoms with Crippen LogP contribution in [0.1, 0.15) is 18.4 Å². The van der Waals surface area contributed by atoms with E-state index in [0.29, 0.717) is 22.5 Å². The number of likely N-dealkylation sites (tertiary alicyclic amines) is 1. The van der Waals surface area contributed by atoms with Gasteiger partial charge in [0.1, 0.15) is 17.0 Å². The molecule has 4 rings (SSSR count). The number of rotatable bonds is 4. The Kier molecular flexibility index (Phi) is 7.36. The summed E-state index contributed by atoms with van der Waals surface area (Å²) in [7, 11) is 5.22. The van der Waals surface area contributed by atoms with Crippen molar-refractivity contribution in [2.75, 3.05) is 32.6 Å². The SMILES string of the molecule is COc1cc(C(F)(F)F)ccc1-c1nnc(N[C@@H]2CCCN(C)C2)c2c1cnn2C.O=CO. The molecule has 9 nitrogen and oxygen atoms in total. The van der Waals surface area contributed by atoms with Crippen molar-refractivity contribution in [1.29, 1.82) is 0 Å².